The molecule has 0 saturated carbocycles. The van der Waals surface area contributed by atoms with E-state index in [9.17, 15) is 9.59 Å². The highest BCUT2D eigenvalue weighted by Gasteiger charge is 2.21. The van der Waals surface area contributed by atoms with Gasteiger partial charge in [0.1, 0.15) is 18.1 Å². The van der Waals surface area contributed by atoms with E-state index in [1.807, 2.05) is 6.92 Å². The normalized spacial score (nSPS) is 13.1. The van der Waals surface area contributed by atoms with E-state index in [-0.39, 0.29) is 24.8 Å². The highest BCUT2D eigenvalue weighted by atomic mass is 16.5. The molecule has 17 heavy (non-hydrogen) atoms. The molecule has 0 amide bonds. The summed E-state index contributed by atoms with van der Waals surface area (Å²) >= 11 is 0. The largest absolute Gasteiger partial charge is 0.486 e. The average molecular weight is 234 g/mol. The Morgan fingerprint density at radius 2 is 2.29 bits per heavy atom. The van der Waals surface area contributed by atoms with E-state index >= 15 is 0 Å². The van der Waals surface area contributed by atoms with E-state index < -0.39 is 0 Å². The van der Waals surface area contributed by atoms with Gasteiger partial charge in [-0.2, -0.15) is 0 Å². The lowest BCUT2D eigenvalue weighted by Gasteiger charge is -2.06. The molecule has 2 rings (SSSR count). The Bertz CT molecular complexity index is 451. The molecule has 1 aliphatic rings. The number of ketones is 2. The number of carbonyl (C=O) groups is 2. The van der Waals surface area contributed by atoms with Gasteiger partial charge in [-0.3, -0.25) is 9.59 Å². The summed E-state index contributed by atoms with van der Waals surface area (Å²) in [4.78, 5) is 22.6. The van der Waals surface area contributed by atoms with Gasteiger partial charge in [-0.25, -0.2) is 0 Å². The van der Waals surface area contributed by atoms with Crippen LogP contribution in [-0.2, 0) is 4.79 Å². The van der Waals surface area contributed by atoms with E-state index in [1.54, 1.807) is 18.2 Å². The van der Waals surface area contributed by atoms with E-state index in [4.69, 9.17) is 9.47 Å². The first-order valence-electron chi connectivity index (χ1n) is 5.65. The molecule has 1 aliphatic heterocycles. The van der Waals surface area contributed by atoms with Gasteiger partial charge < -0.3 is 9.47 Å². The molecule has 0 unspecified atom stereocenters. The third-order valence-corrected chi connectivity index (χ3v) is 2.54. The molecule has 0 bridgehead atoms. The molecule has 4 heteroatoms. The van der Waals surface area contributed by atoms with Crippen molar-refractivity contribution < 1.29 is 19.1 Å². The van der Waals surface area contributed by atoms with Gasteiger partial charge in [-0.1, -0.05) is 6.92 Å². The Morgan fingerprint density at radius 1 is 1.47 bits per heavy atom. The fourth-order valence-electron chi connectivity index (χ4n) is 1.68. The van der Waals surface area contributed by atoms with Crippen molar-refractivity contribution in [1.82, 2.24) is 0 Å². The van der Waals surface area contributed by atoms with Crippen LogP contribution in [0.3, 0.4) is 0 Å². The number of benzene rings is 1. The molecule has 0 radical (unpaired) electrons. The summed E-state index contributed by atoms with van der Waals surface area (Å²) in [5.74, 6) is 1.15. The lowest BCUT2D eigenvalue weighted by molar-refractivity contribution is -0.121. The van der Waals surface area contributed by atoms with E-state index in [0.717, 1.165) is 6.42 Å². The number of ether oxygens (including phenoxy) is 2. The van der Waals surface area contributed by atoms with Crippen molar-refractivity contribution >= 4 is 11.6 Å². The molecular formula is C13H14O4. The molecule has 0 atom stereocenters. The molecule has 0 saturated heterocycles. The molecule has 1 aromatic rings. The molecule has 1 aromatic carbocycles. The van der Waals surface area contributed by atoms with Gasteiger partial charge in [0.15, 0.2) is 12.4 Å². The predicted molar refractivity (Wildman–Crippen MR) is 61.7 cm³/mol. The zero-order valence-electron chi connectivity index (χ0n) is 9.69. The zero-order chi connectivity index (χ0) is 12.3. The number of hydrogen-bond donors (Lipinski definition) is 0. The summed E-state index contributed by atoms with van der Waals surface area (Å²) in [6.45, 7) is 2.11. The fraction of sp³-hybridized carbons (Fsp3) is 0.385. The van der Waals surface area contributed by atoms with Crippen molar-refractivity contribution in [2.45, 2.75) is 19.8 Å². The highest BCUT2D eigenvalue weighted by molar-refractivity contribution is 6.02. The van der Waals surface area contributed by atoms with Crippen LogP contribution >= 0.6 is 0 Å². The zero-order valence-corrected chi connectivity index (χ0v) is 9.69. The second-order valence-corrected chi connectivity index (χ2v) is 3.95. The lowest BCUT2D eigenvalue weighted by atomic mass is 10.1. The van der Waals surface area contributed by atoms with Crippen LogP contribution in [0, 0.1) is 0 Å². The minimum atomic E-state index is -0.0198. The van der Waals surface area contributed by atoms with Gasteiger partial charge >= 0.3 is 0 Å². The molecule has 0 aliphatic carbocycles. The third kappa shape index (κ3) is 2.64. The molecule has 1 heterocycles. The van der Waals surface area contributed by atoms with Crippen LogP contribution in [0.2, 0.25) is 0 Å². The number of Topliss-reactive ketones (excluding diaryl/α,β-unsaturated/α-hetero) is 2. The standard InChI is InChI=1S/C13H14O4/c1-2-3-9(14)7-16-10-4-5-11-12(15)8-17-13(11)6-10/h4-6H,2-3,7-8H2,1H3. The third-order valence-electron chi connectivity index (χ3n) is 2.54. The van der Waals surface area contributed by atoms with Crippen LogP contribution in [0.4, 0.5) is 0 Å². The Kier molecular flexibility index (Phi) is 3.42. The number of hydrogen-bond acceptors (Lipinski definition) is 4. The Hall–Kier alpha value is -1.84. The van der Waals surface area contributed by atoms with Crippen LogP contribution in [0.15, 0.2) is 18.2 Å². The monoisotopic (exact) mass is 234 g/mol. The lowest BCUT2D eigenvalue weighted by Crippen LogP contribution is -2.10. The summed E-state index contributed by atoms with van der Waals surface area (Å²) in [7, 11) is 0. The number of fused-ring (bicyclic) bond motifs is 1. The smallest absolute Gasteiger partial charge is 0.203 e. The fourth-order valence-corrected chi connectivity index (χ4v) is 1.68. The topological polar surface area (TPSA) is 52.6 Å². The van der Waals surface area contributed by atoms with Crippen molar-refractivity contribution in [3.8, 4) is 11.5 Å². The van der Waals surface area contributed by atoms with Crippen LogP contribution in [0.5, 0.6) is 11.5 Å². The summed E-state index contributed by atoms with van der Waals surface area (Å²) < 4.78 is 10.5. The Balaban J connectivity index is 1.99. The summed E-state index contributed by atoms with van der Waals surface area (Å²) in [5.41, 5.74) is 0.581. The molecule has 4 nitrogen and oxygen atoms in total. The summed E-state index contributed by atoms with van der Waals surface area (Å²) in [6.07, 6.45) is 1.35. The van der Waals surface area contributed by atoms with Crippen LogP contribution in [-0.4, -0.2) is 24.8 Å². The number of rotatable bonds is 5. The molecule has 0 aromatic heterocycles. The Morgan fingerprint density at radius 3 is 3.06 bits per heavy atom. The van der Waals surface area contributed by atoms with Crippen molar-refractivity contribution in [1.29, 1.82) is 0 Å². The van der Waals surface area contributed by atoms with Crippen molar-refractivity contribution in [3.63, 3.8) is 0 Å². The maximum Gasteiger partial charge on any atom is 0.203 e. The van der Waals surface area contributed by atoms with Crippen molar-refractivity contribution in [2.75, 3.05) is 13.2 Å². The van der Waals surface area contributed by atoms with Gasteiger partial charge in [0.2, 0.25) is 5.78 Å². The van der Waals surface area contributed by atoms with E-state index in [2.05, 4.69) is 0 Å². The van der Waals surface area contributed by atoms with E-state index in [1.165, 1.54) is 0 Å². The second-order valence-electron chi connectivity index (χ2n) is 3.95. The summed E-state index contributed by atoms with van der Waals surface area (Å²) in [5, 5.41) is 0. The van der Waals surface area contributed by atoms with Crippen LogP contribution < -0.4 is 9.47 Å². The first-order valence-corrected chi connectivity index (χ1v) is 5.65. The highest BCUT2D eigenvalue weighted by Crippen LogP contribution is 2.29. The first kappa shape index (κ1) is 11.6. The van der Waals surface area contributed by atoms with Crippen molar-refractivity contribution in [2.24, 2.45) is 0 Å². The van der Waals surface area contributed by atoms with E-state index in [0.29, 0.717) is 23.5 Å². The average Bonchev–Trinajstić information content (AvgIpc) is 2.69. The van der Waals surface area contributed by atoms with Gasteiger partial charge in [-0.05, 0) is 18.6 Å². The van der Waals surface area contributed by atoms with Gasteiger partial charge in [-0.15, -0.1) is 0 Å². The van der Waals surface area contributed by atoms with Crippen LogP contribution in [0.1, 0.15) is 30.1 Å². The number of carbonyl (C=O) groups excluding carboxylic acids is 2. The minimum absolute atomic E-state index is 0.0198. The molecule has 0 fully saturated rings. The maximum absolute atomic E-state index is 11.3. The van der Waals surface area contributed by atoms with Crippen LogP contribution in [0.25, 0.3) is 0 Å². The molecular weight excluding hydrogens is 220 g/mol. The minimum Gasteiger partial charge on any atom is -0.486 e. The molecule has 0 spiro atoms. The van der Waals surface area contributed by atoms with Gasteiger partial charge in [0.05, 0.1) is 5.56 Å². The second kappa shape index (κ2) is 4.99. The Labute approximate surface area is 99.5 Å². The molecule has 0 N–H and O–H groups in total. The van der Waals surface area contributed by atoms with Gasteiger partial charge in [0, 0.05) is 12.5 Å². The SMILES string of the molecule is CCCC(=O)COc1ccc2c(c1)OCC2=O. The molecule has 90 valence electrons. The first-order chi connectivity index (χ1) is 8.20. The van der Waals surface area contributed by atoms with Crippen molar-refractivity contribution in [3.05, 3.63) is 23.8 Å². The van der Waals surface area contributed by atoms with Gasteiger partial charge in [0.25, 0.3) is 0 Å². The predicted octanol–water partition coefficient (Wildman–Crippen LogP) is 2.01. The maximum atomic E-state index is 11.3. The summed E-state index contributed by atoms with van der Waals surface area (Å²) in [6, 6.07) is 5.01. The quantitative estimate of drug-likeness (QED) is 0.782.